The monoisotopic (exact) mass is 187 g/mol. The molecular weight excluding hydrogens is 166 g/mol. The van der Waals surface area contributed by atoms with E-state index < -0.39 is 0 Å². The zero-order valence-electron chi connectivity index (χ0n) is 8.18. The van der Waals surface area contributed by atoms with Crippen LogP contribution in [0.15, 0.2) is 0 Å². The van der Waals surface area contributed by atoms with Crippen molar-refractivity contribution in [1.29, 1.82) is 0 Å². The zero-order valence-corrected chi connectivity index (χ0v) is 8.18. The Labute approximate surface area is 79.4 Å². The summed E-state index contributed by atoms with van der Waals surface area (Å²) in [6, 6.07) is 0. The molecule has 0 aromatic rings. The third-order valence-corrected chi connectivity index (χ3v) is 2.68. The number of rotatable bonds is 4. The normalized spacial score (nSPS) is 20.5. The molecule has 76 valence electrons. The van der Waals surface area contributed by atoms with Crippen molar-refractivity contribution < 1.29 is 15.3 Å². The lowest BCUT2D eigenvalue weighted by atomic mass is 10.1. The highest BCUT2D eigenvalue weighted by atomic mass is 16.4. The summed E-state index contributed by atoms with van der Waals surface area (Å²) >= 11 is 0. The van der Waals surface area contributed by atoms with Crippen molar-refractivity contribution in [1.82, 2.24) is 0 Å². The molecule has 0 spiro atoms. The summed E-state index contributed by atoms with van der Waals surface area (Å²) in [7, 11) is 0. The molecule has 1 saturated heterocycles. The maximum Gasteiger partial charge on any atom is 0.279 e. The van der Waals surface area contributed by atoms with Gasteiger partial charge in [-0.15, -0.1) is 0 Å². The number of amidine groups is 1. The number of likely N-dealkylation sites (tertiary alicyclic amines) is 1. The van der Waals surface area contributed by atoms with Crippen molar-refractivity contribution in [2.75, 3.05) is 19.6 Å². The summed E-state index contributed by atoms with van der Waals surface area (Å²) in [5.74, 6) is 0.483. The molecule has 5 N–H and O–H groups in total. The van der Waals surface area contributed by atoms with E-state index in [-0.39, 0.29) is 0 Å². The lowest BCUT2D eigenvalue weighted by molar-refractivity contribution is -0.905. The van der Waals surface area contributed by atoms with E-state index in [1.54, 1.807) is 4.90 Å². The molecule has 1 fully saturated rings. The Morgan fingerprint density at radius 1 is 1.31 bits per heavy atom. The van der Waals surface area contributed by atoms with Crippen LogP contribution in [0.3, 0.4) is 0 Å². The second-order valence-corrected chi connectivity index (χ2v) is 3.80. The summed E-state index contributed by atoms with van der Waals surface area (Å²) in [5.41, 5.74) is 5.43. The Hall–Kier alpha value is -0.770. The summed E-state index contributed by atoms with van der Waals surface area (Å²) < 4.78 is 0. The highest BCUT2D eigenvalue weighted by Gasteiger charge is 2.13. The molecule has 0 radical (unpaired) electrons. The SMILES string of the molecule is NC(CCC[NH+]1CCCCC1)=[NH+]O. The topological polar surface area (TPSA) is 64.7 Å². The third kappa shape index (κ3) is 4.12. The molecule has 0 saturated carbocycles. The standard InChI is InChI=1S/C9H19N3O/c10-9(11-13)5-4-8-12-6-2-1-3-7-12/h13H,1-8H2,(H2,10,11)/p+2. The fraction of sp³-hybridized carbons (Fsp3) is 0.889. The predicted molar refractivity (Wildman–Crippen MR) is 50.6 cm³/mol. The fourth-order valence-corrected chi connectivity index (χ4v) is 1.89. The molecule has 0 unspecified atom stereocenters. The van der Waals surface area contributed by atoms with Crippen LogP contribution in [0.4, 0.5) is 0 Å². The van der Waals surface area contributed by atoms with Gasteiger partial charge in [-0.1, -0.05) is 5.16 Å². The molecule has 0 bridgehead atoms. The van der Waals surface area contributed by atoms with Crippen molar-refractivity contribution in [3.8, 4) is 0 Å². The molecule has 0 amide bonds. The number of hydrogen-bond acceptors (Lipinski definition) is 1. The van der Waals surface area contributed by atoms with Crippen LogP contribution in [0.1, 0.15) is 32.1 Å². The summed E-state index contributed by atoms with van der Waals surface area (Å²) in [4.78, 5) is 1.69. The summed E-state index contributed by atoms with van der Waals surface area (Å²) in [6.07, 6.45) is 5.98. The minimum absolute atomic E-state index is 0.483. The van der Waals surface area contributed by atoms with E-state index in [1.807, 2.05) is 5.16 Å². The van der Waals surface area contributed by atoms with Gasteiger partial charge in [0.25, 0.3) is 5.84 Å². The first-order valence-corrected chi connectivity index (χ1v) is 5.18. The van der Waals surface area contributed by atoms with E-state index in [0.717, 1.165) is 12.8 Å². The highest BCUT2D eigenvalue weighted by Crippen LogP contribution is 1.94. The molecule has 1 rings (SSSR count). The molecule has 0 aromatic carbocycles. The van der Waals surface area contributed by atoms with Crippen LogP contribution >= 0.6 is 0 Å². The van der Waals surface area contributed by atoms with Crippen molar-refractivity contribution >= 4 is 5.84 Å². The van der Waals surface area contributed by atoms with Crippen LogP contribution in [-0.2, 0) is 0 Å². The lowest BCUT2D eigenvalue weighted by Crippen LogP contribution is -3.12. The van der Waals surface area contributed by atoms with Gasteiger partial charge in [0.1, 0.15) is 0 Å². The second-order valence-electron chi connectivity index (χ2n) is 3.80. The van der Waals surface area contributed by atoms with Crippen LogP contribution in [0.5, 0.6) is 0 Å². The van der Waals surface area contributed by atoms with Gasteiger partial charge in [-0.3, -0.25) is 5.73 Å². The molecule has 1 aliphatic heterocycles. The lowest BCUT2D eigenvalue weighted by Gasteiger charge is -2.22. The second kappa shape index (κ2) is 5.80. The Kier molecular flexibility index (Phi) is 4.60. The molecule has 0 atom stereocenters. The van der Waals surface area contributed by atoms with Gasteiger partial charge in [-0.25, -0.2) is 0 Å². The number of nitrogens with two attached hydrogens (primary N) is 1. The maximum absolute atomic E-state index is 8.45. The van der Waals surface area contributed by atoms with E-state index >= 15 is 0 Å². The first kappa shape index (κ1) is 10.3. The molecule has 13 heavy (non-hydrogen) atoms. The summed E-state index contributed by atoms with van der Waals surface area (Å²) in [5, 5.41) is 10.4. The predicted octanol–water partition coefficient (Wildman–Crippen LogP) is -2.34. The van der Waals surface area contributed by atoms with E-state index in [4.69, 9.17) is 10.9 Å². The Morgan fingerprint density at radius 3 is 2.62 bits per heavy atom. The maximum atomic E-state index is 8.45. The smallest absolute Gasteiger partial charge is 0.279 e. The van der Waals surface area contributed by atoms with Gasteiger partial charge in [-0.2, -0.15) is 0 Å². The van der Waals surface area contributed by atoms with Gasteiger partial charge in [0.05, 0.1) is 26.1 Å². The van der Waals surface area contributed by atoms with Gasteiger partial charge in [0.15, 0.2) is 0 Å². The first-order chi connectivity index (χ1) is 6.33. The molecule has 0 aliphatic carbocycles. The minimum Gasteiger partial charge on any atom is -0.357 e. The molecular formula is C9H21N3O+2. The van der Waals surface area contributed by atoms with Gasteiger partial charge in [0, 0.05) is 6.42 Å². The van der Waals surface area contributed by atoms with Crippen LogP contribution in [0.25, 0.3) is 0 Å². The number of hydrogen-bond donors (Lipinski definition) is 4. The first-order valence-electron chi connectivity index (χ1n) is 5.18. The zero-order chi connectivity index (χ0) is 9.52. The molecule has 1 aliphatic rings. The minimum atomic E-state index is 0.483. The highest BCUT2D eigenvalue weighted by molar-refractivity contribution is 5.73. The van der Waals surface area contributed by atoms with Crippen LogP contribution in [0, 0.1) is 0 Å². The Morgan fingerprint density at radius 2 is 2.00 bits per heavy atom. The van der Waals surface area contributed by atoms with Crippen LogP contribution < -0.4 is 15.8 Å². The average molecular weight is 187 g/mol. The third-order valence-electron chi connectivity index (χ3n) is 2.68. The van der Waals surface area contributed by atoms with E-state index in [2.05, 4.69) is 0 Å². The molecule has 4 nitrogen and oxygen atoms in total. The van der Waals surface area contributed by atoms with E-state index in [0.29, 0.717) is 5.84 Å². The van der Waals surface area contributed by atoms with E-state index in [1.165, 1.54) is 38.9 Å². The number of quaternary nitrogens is 1. The number of piperidine rings is 1. The van der Waals surface area contributed by atoms with Crippen molar-refractivity contribution in [3.63, 3.8) is 0 Å². The Bertz CT molecular complexity index is 164. The number of nitrogens with one attached hydrogen (secondary N) is 2. The van der Waals surface area contributed by atoms with Crippen molar-refractivity contribution in [2.24, 2.45) is 5.73 Å². The summed E-state index contributed by atoms with van der Waals surface area (Å²) in [6.45, 7) is 3.81. The van der Waals surface area contributed by atoms with Crippen molar-refractivity contribution in [2.45, 2.75) is 32.1 Å². The van der Waals surface area contributed by atoms with Crippen molar-refractivity contribution in [3.05, 3.63) is 0 Å². The molecule has 1 heterocycles. The van der Waals surface area contributed by atoms with Crippen LogP contribution in [0.2, 0.25) is 0 Å². The average Bonchev–Trinajstić information content (AvgIpc) is 2.19. The fourth-order valence-electron chi connectivity index (χ4n) is 1.89. The quantitative estimate of drug-likeness (QED) is 0.172. The Balaban J connectivity index is 2.04. The van der Waals surface area contributed by atoms with Gasteiger partial charge in [0.2, 0.25) is 0 Å². The molecule has 4 heteroatoms. The van der Waals surface area contributed by atoms with Crippen LogP contribution in [-0.4, -0.2) is 30.7 Å². The molecule has 0 aromatic heterocycles. The largest absolute Gasteiger partial charge is 0.357 e. The van der Waals surface area contributed by atoms with Gasteiger partial charge in [-0.05, 0) is 19.3 Å². The van der Waals surface area contributed by atoms with E-state index in [9.17, 15) is 0 Å². The van der Waals surface area contributed by atoms with Gasteiger partial charge >= 0.3 is 0 Å². The van der Waals surface area contributed by atoms with Gasteiger partial charge < -0.3 is 10.1 Å².